The zero-order valence-corrected chi connectivity index (χ0v) is 6.63. The molecule has 0 amide bonds. The van der Waals surface area contributed by atoms with Gasteiger partial charge in [0.1, 0.15) is 0 Å². The second-order valence-electron chi connectivity index (χ2n) is 1.84. The van der Waals surface area contributed by atoms with Crippen LogP contribution in [0.4, 0.5) is 0 Å². The van der Waals surface area contributed by atoms with Crippen LogP contribution in [-0.4, -0.2) is 45.6 Å². The Balaban J connectivity index is 0.000000640. The minimum absolute atomic E-state index is 0. The van der Waals surface area contributed by atoms with E-state index < -0.39 is 0 Å². The van der Waals surface area contributed by atoms with E-state index in [0.29, 0.717) is 0 Å². The maximum atomic E-state index is 2.51. The summed E-state index contributed by atoms with van der Waals surface area (Å²) in [6.07, 6.45) is 0. The van der Waals surface area contributed by atoms with Crippen LogP contribution < -0.4 is 4.46 Å². The third-order valence-corrected chi connectivity index (χ3v) is 1.66. The first-order valence-corrected chi connectivity index (χ1v) is 3.48. The third-order valence-electron chi connectivity index (χ3n) is 1.03. The average Bonchev–Trinajstić information content (AvgIpc) is 1.77. The Morgan fingerprint density at radius 1 is 1.11 bits per heavy atom. The minimum atomic E-state index is 0. The standard InChI is InChI=1S/C7H8Se.Na.H/c1-6-2-4-7(8)5-3-6;;/h2-5,8H,1H3;;. The van der Waals surface area contributed by atoms with E-state index in [1.165, 1.54) is 10.0 Å². The van der Waals surface area contributed by atoms with Gasteiger partial charge < -0.3 is 0 Å². The maximum absolute atomic E-state index is 2.51. The summed E-state index contributed by atoms with van der Waals surface area (Å²) in [5.41, 5.74) is 1.32. The summed E-state index contributed by atoms with van der Waals surface area (Å²) in [5.74, 6) is 0. The summed E-state index contributed by atoms with van der Waals surface area (Å²) in [7, 11) is 0. The Morgan fingerprint density at radius 3 is 1.89 bits per heavy atom. The molecule has 0 bridgehead atoms. The van der Waals surface area contributed by atoms with Gasteiger partial charge in [0.25, 0.3) is 0 Å². The fourth-order valence-corrected chi connectivity index (χ4v) is 0.858. The molecule has 0 nitrogen and oxygen atoms in total. The van der Waals surface area contributed by atoms with Crippen LogP contribution in [0.1, 0.15) is 5.56 Å². The number of hydrogen-bond acceptors (Lipinski definition) is 0. The molecule has 1 rings (SSSR count). The van der Waals surface area contributed by atoms with Gasteiger partial charge in [0.05, 0.1) is 0 Å². The number of aryl methyl sites for hydroxylation is 1. The molecule has 9 heavy (non-hydrogen) atoms. The fraction of sp³-hybridized carbons (Fsp3) is 0.143. The Bertz CT molecular complexity index is 148. The van der Waals surface area contributed by atoms with Crippen LogP contribution in [0.25, 0.3) is 0 Å². The van der Waals surface area contributed by atoms with Gasteiger partial charge >= 0.3 is 86.8 Å². The molecule has 1 aromatic carbocycles. The van der Waals surface area contributed by atoms with E-state index in [9.17, 15) is 0 Å². The second-order valence-corrected chi connectivity index (χ2v) is 2.92. The summed E-state index contributed by atoms with van der Waals surface area (Å²) in [4.78, 5) is 0. The molecule has 0 saturated carbocycles. The van der Waals surface area contributed by atoms with Crippen LogP contribution in [0, 0.1) is 6.92 Å². The molecule has 0 atom stereocenters. The summed E-state index contributed by atoms with van der Waals surface area (Å²) in [6.45, 7) is 2.09. The van der Waals surface area contributed by atoms with Gasteiger partial charge in [-0.15, -0.1) is 0 Å². The van der Waals surface area contributed by atoms with Crippen molar-refractivity contribution >= 4 is 50.0 Å². The molecule has 0 aliphatic rings. The van der Waals surface area contributed by atoms with E-state index in [4.69, 9.17) is 0 Å². The molecule has 0 spiro atoms. The topological polar surface area (TPSA) is 0 Å². The van der Waals surface area contributed by atoms with Crippen molar-refractivity contribution in [2.24, 2.45) is 0 Å². The van der Waals surface area contributed by atoms with Crippen LogP contribution in [0.2, 0.25) is 0 Å². The van der Waals surface area contributed by atoms with Crippen LogP contribution in [0.5, 0.6) is 0 Å². The molecular weight excluding hydrogens is 186 g/mol. The van der Waals surface area contributed by atoms with E-state index in [1.54, 1.807) is 0 Å². The summed E-state index contributed by atoms with van der Waals surface area (Å²) >= 11 is 2.51. The molecule has 0 heterocycles. The first kappa shape index (κ1) is 9.74. The predicted octanol–water partition coefficient (Wildman–Crippen LogP) is -0.127. The average molecular weight is 195 g/mol. The van der Waals surface area contributed by atoms with Crippen LogP contribution in [-0.2, 0) is 0 Å². The van der Waals surface area contributed by atoms with Crippen molar-refractivity contribution in [2.45, 2.75) is 6.92 Å². The monoisotopic (exact) mass is 196 g/mol. The van der Waals surface area contributed by atoms with Gasteiger partial charge in [0.15, 0.2) is 0 Å². The van der Waals surface area contributed by atoms with Crippen molar-refractivity contribution in [1.82, 2.24) is 0 Å². The number of hydrogen-bond donors (Lipinski definition) is 0. The summed E-state index contributed by atoms with van der Waals surface area (Å²) in [6, 6.07) is 8.39. The van der Waals surface area contributed by atoms with E-state index >= 15 is 0 Å². The van der Waals surface area contributed by atoms with Crippen molar-refractivity contribution < 1.29 is 0 Å². The van der Waals surface area contributed by atoms with E-state index in [1.807, 2.05) is 0 Å². The molecule has 0 fully saturated rings. The Hall–Kier alpha value is 0.739. The van der Waals surface area contributed by atoms with Gasteiger partial charge in [0, 0.05) is 0 Å². The Labute approximate surface area is 86.1 Å². The van der Waals surface area contributed by atoms with E-state index in [-0.39, 0.29) is 29.6 Å². The van der Waals surface area contributed by atoms with Crippen molar-refractivity contribution in [3.05, 3.63) is 29.8 Å². The molecule has 2 heteroatoms. The molecule has 1 aromatic rings. The molecule has 0 unspecified atom stereocenters. The first-order chi connectivity index (χ1) is 3.79. The molecule has 0 aliphatic heterocycles. The van der Waals surface area contributed by atoms with Gasteiger partial charge in [-0.1, -0.05) is 0 Å². The van der Waals surface area contributed by atoms with Crippen LogP contribution >= 0.6 is 0 Å². The predicted molar refractivity (Wildman–Crippen MR) is 45.1 cm³/mol. The molecule has 0 N–H and O–H groups in total. The van der Waals surface area contributed by atoms with E-state index in [0.717, 1.165) is 0 Å². The van der Waals surface area contributed by atoms with Crippen molar-refractivity contribution in [3.8, 4) is 0 Å². The summed E-state index contributed by atoms with van der Waals surface area (Å²) in [5, 5.41) is 0. The Kier molecular flexibility index (Phi) is 4.91. The molecule has 0 saturated heterocycles. The molecule has 0 aliphatic carbocycles. The van der Waals surface area contributed by atoms with Gasteiger partial charge in [-0.25, -0.2) is 0 Å². The van der Waals surface area contributed by atoms with E-state index in [2.05, 4.69) is 47.2 Å². The van der Waals surface area contributed by atoms with Crippen LogP contribution in [0.3, 0.4) is 0 Å². The van der Waals surface area contributed by atoms with Gasteiger partial charge in [-0.3, -0.25) is 0 Å². The number of benzene rings is 1. The normalized spacial score (nSPS) is 8.22. The van der Waals surface area contributed by atoms with Crippen molar-refractivity contribution in [2.75, 3.05) is 0 Å². The van der Waals surface area contributed by atoms with Crippen molar-refractivity contribution in [1.29, 1.82) is 0 Å². The zero-order valence-electron chi connectivity index (χ0n) is 4.76. The molecular formula is C7H9NaSe. The SMILES string of the molecule is Cc1ccc([SeH])cc1.[NaH]. The second kappa shape index (κ2) is 4.54. The van der Waals surface area contributed by atoms with Gasteiger partial charge in [-0.05, 0) is 0 Å². The molecule has 44 valence electrons. The zero-order chi connectivity index (χ0) is 5.98. The van der Waals surface area contributed by atoms with Crippen molar-refractivity contribution in [3.63, 3.8) is 0 Å². The third kappa shape index (κ3) is 3.44. The van der Waals surface area contributed by atoms with Gasteiger partial charge in [-0.2, -0.15) is 0 Å². The molecule has 0 radical (unpaired) electrons. The molecule has 0 aromatic heterocycles. The number of rotatable bonds is 0. The Morgan fingerprint density at radius 2 is 1.56 bits per heavy atom. The quantitative estimate of drug-likeness (QED) is 0.506. The first-order valence-electron chi connectivity index (χ1n) is 2.54. The summed E-state index contributed by atoms with van der Waals surface area (Å²) < 4.78 is 1.27. The van der Waals surface area contributed by atoms with Crippen LogP contribution in [0.15, 0.2) is 24.3 Å². The van der Waals surface area contributed by atoms with Gasteiger partial charge in [0.2, 0.25) is 0 Å². The fourth-order valence-electron chi connectivity index (χ4n) is 0.545.